The van der Waals surface area contributed by atoms with E-state index in [9.17, 15) is 14.0 Å². The van der Waals surface area contributed by atoms with Gasteiger partial charge in [-0.1, -0.05) is 42.0 Å². The molecule has 1 amide bonds. The summed E-state index contributed by atoms with van der Waals surface area (Å²) in [6, 6.07) is 21.6. The number of para-hydroxylation sites is 1. The van der Waals surface area contributed by atoms with Gasteiger partial charge in [0.05, 0.1) is 5.52 Å². The Morgan fingerprint density at radius 3 is 2.35 bits per heavy atom. The number of anilines is 1. The fourth-order valence-electron chi connectivity index (χ4n) is 4.81. The van der Waals surface area contributed by atoms with E-state index >= 15 is 0 Å². The third-order valence-corrected chi connectivity index (χ3v) is 6.88. The summed E-state index contributed by atoms with van der Waals surface area (Å²) in [4.78, 5) is 35.4. The molecule has 0 N–H and O–H groups in total. The van der Waals surface area contributed by atoms with Crippen LogP contribution in [0.15, 0.2) is 77.6 Å². The van der Waals surface area contributed by atoms with Crippen molar-refractivity contribution >= 4 is 28.1 Å². The smallest absolute Gasteiger partial charge is 0.351 e. The van der Waals surface area contributed by atoms with Crippen molar-refractivity contribution in [3.05, 3.63) is 94.7 Å². The first-order valence-corrected chi connectivity index (χ1v) is 12.2. The molecule has 3 aromatic carbocycles. The second-order valence-corrected chi connectivity index (χ2v) is 9.27. The third kappa shape index (κ3) is 4.22. The van der Waals surface area contributed by atoms with Crippen LogP contribution in [-0.4, -0.2) is 56.2 Å². The van der Waals surface area contributed by atoms with E-state index in [4.69, 9.17) is 0 Å². The van der Waals surface area contributed by atoms with Crippen LogP contribution in [0.1, 0.15) is 5.56 Å². The molecule has 1 aliphatic rings. The summed E-state index contributed by atoms with van der Waals surface area (Å²) in [6.07, 6.45) is 0. The van der Waals surface area contributed by atoms with Crippen molar-refractivity contribution in [1.29, 1.82) is 0 Å². The van der Waals surface area contributed by atoms with Gasteiger partial charge < -0.3 is 9.80 Å². The molecule has 0 aliphatic carbocycles. The Morgan fingerprint density at radius 1 is 0.919 bits per heavy atom. The summed E-state index contributed by atoms with van der Waals surface area (Å²) < 4.78 is 16.0. The van der Waals surface area contributed by atoms with Crippen molar-refractivity contribution in [2.45, 2.75) is 13.5 Å². The van der Waals surface area contributed by atoms with Gasteiger partial charge >= 0.3 is 5.69 Å². The van der Waals surface area contributed by atoms with Gasteiger partial charge in [0.15, 0.2) is 11.5 Å². The molecule has 0 radical (unpaired) electrons. The van der Waals surface area contributed by atoms with Crippen molar-refractivity contribution in [1.82, 2.24) is 24.1 Å². The first-order chi connectivity index (χ1) is 18.0. The number of piperazine rings is 1. The van der Waals surface area contributed by atoms with Crippen LogP contribution in [0.3, 0.4) is 0 Å². The molecule has 0 bridgehead atoms. The average Bonchev–Trinajstić information content (AvgIpc) is 3.38. The minimum absolute atomic E-state index is 0.0917. The molecule has 1 saturated heterocycles. The maximum absolute atomic E-state index is 13.5. The first-order valence-electron chi connectivity index (χ1n) is 12.2. The number of nitrogens with zero attached hydrogens (tertiary/aromatic N) is 6. The molecule has 37 heavy (non-hydrogen) atoms. The largest absolute Gasteiger partial charge is 0.368 e. The number of hydrogen-bond donors (Lipinski definition) is 0. The quantitative estimate of drug-likeness (QED) is 0.381. The molecule has 0 saturated carbocycles. The van der Waals surface area contributed by atoms with Crippen LogP contribution in [0.4, 0.5) is 10.1 Å². The van der Waals surface area contributed by atoms with Crippen LogP contribution >= 0.6 is 0 Å². The zero-order valence-corrected chi connectivity index (χ0v) is 20.3. The molecular formula is C28H25FN6O2. The molecule has 2 aromatic heterocycles. The first kappa shape index (κ1) is 22.9. The van der Waals surface area contributed by atoms with Crippen molar-refractivity contribution in [2.24, 2.45) is 0 Å². The van der Waals surface area contributed by atoms with Gasteiger partial charge in [0.2, 0.25) is 5.91 Å². The van der Waals surface area contributed by atoms with Crippen molar-refractivity contribution in [2.75, 3.05) is 31.1 Å². The van der Waals surface area contributed by atoms with Gasteiger partial charge in [-0.05, 0) is 43.3 Å². The summed E-state index contributed by atoms with van der Waals surface area (Å²) in [7, 11) is 0. The summed E-state index contributed by atoms with van der Waals surface area (Å²) in [5.74, 6) is 0.0537. The summed E-state index contributed by atoms with van der Waals surface area (Å²) in [6.45, 7) is 4.22. The monoisotopic (exact) mass is 496 g/mol. The molecule has 9 heteroatoms. The van der Waals surface area contributed by atoms with Gasteiger partial charge in [0, 0.05) is 42.8 Å². The van der Waals surface area contributed by atoms with Gasteiger partial charge in [-0.25, -0.2) is 14.2 Å². The van der Waals surface area contributed by atoms with E-state index in [-0.39, 0.29) is 18.3 Å². The Kier molecular flexibility index (Phi) is 5.67. The van der Waals surface area contributed by atoms with Crippen LogP contribution in [0.25, 0.3) is 27.9 Å². The number of halogens is 1. The van der Waals surface area contributed by atoms with E-state index in [1.807, 2.05) is 55.5 Å². The van der Waals surface area contributed by atoms with E-state index in [1.54, 1.807) is 17.0 Å². The van der Waals surface area contributed by atoms with Crippen LogP contribution in [0.5, 0.6) is 0 Å². The topological polar surface area (TPSA) is 75.7 Å². The second kappa shape index (κ2) is 9.16. The molecule has 6 rings (SSSR count). The fourth-order valence-corrected chi connectivity index (χ4v) is 4.81. The number of hydrogen-bond acceptors (Lipinski definition) is 5. The lowest BCUT2D eigenvalue weighted by Gasteiger charge is -2.36. The molecule has 1 aliphatic heterocycles. The van der Waals surface area contributed by atoms with Crippen LogP contribution in [0, 0.1) is 12.7 Å². The van der Waals surface area contributed by atoms with Crippen LogP contribution in [0.2, 0.25) is 0 Å². The molecule has 8 nitrogen and oxygen atoms in total. The van der Waals surface area contributed by atoms with Gasteiger partial charge in [0.25, 0.3) is 0 Å². The predicted octanol–water partition coefficient (Wildman–Crippen LogP) is 3.51. The summed E-state index contributed by atoms with van der Waals surface area (Å²) >= 11 is 0. The van der Waals surface area contributed by atoms with Gasteiger partial charge in [-0.15, -0.1) is 5.10 Å². The Morgan fingerprint density at radius 2 is 1.62 bits per heavy atom. The molecule has 1 fully saturated rings. The van der Waals surface area contributed by atoms with E-state index in [1.165, 1.54) is 21.2 Å². The van der Waals surface area contributed by atoms with Crippen molar-refractivity contribution in [3.63, 3.8) is 0 Å². The lowest BCUT2D eigenvalue weighted by molar-refractivity contribution is -0.132. The number of benzene rings is 3. The Balaban J connectivity index is 1.29. The highest BCUT2D eigenvalue weighted by Gasteiger charge is 2.24. The van der Waals surface area contributed by atoms with Gasteiger partial charge in [-0.2, -0.15) is 4.52 Å². The Labute approximate surface area is 212 Å². The second-order valence-electron chi connectivity index (χ2n) is 9.27. The van der Waals surface area contributed by atoms with E-state index < -0.39 is 5.69 Å². The van der Waals surface area contributed by atoms with E-state index in [2.05, 4.69) is 15.0 Å². The van der Waals surface area contributed by atoms with Crippen LogP contribution in [-0.2, 0) is 11.3 Å². The van der Waals surface area contributed by atoms with Crippen molar-refractivity contribution < 1.29 is 9.18 Å². The Bertz CT molecular complexity index is 1670. The summed E-state index contributed by atoms with van der Waals surface area (Å²) in [5, 5.41) is 5.26. The lowest BCUT2D eigenvalue weighted by atomic mass is 10.1. The number of carbonyl (C=O) groups is 1. The molecule has 0 unspecified atom stereocenters. The molecule has 5 aromatic rings. The minimum Gasteiger partial charge on any atom is -0.368 e. The molecule has 186 valence electrons. The molecule has 0 spiro atoms. The normalized spacial score (nSPS) is 14.0. The van der Waals surface area contributed by atoms with Crippen LogP contribution < -0.4 is 10.6 Å². The average molecular weight is 497 g/mol. The highest BCUT2D eigenvalue weighted by Crippen LogP contribution is 2.22. The molecule has 3 heterocycles. The molecular weight excluding hydrogens is 471 g/mol. The number of amides is 1. The van der Waals surface area contributed by atoms with E-state index in [0.717, 1.165) is 22.2 Å². The zero-order valence-electron chi connectivity index (χ0n) is 20.3. The zero-order chi connectivity index (χ0) is 25.5. The third-order valence-electron chi connectivity index (χ3n) is 6.88. The lowest BCUT2D eigenvalue weighted by Crippen LogP contribution is -2.50. The number of rotatable bonds is 4. The van der Waals surface area contributed by atoms with E-state index in [0.29, 0.717) is 43.2 Å². The van der Waals surface area contributed by atoms with Gasteiger partial charge in [-0.3, -0.25) is 9.36 Å². The number of aromatic nitrogens is 4. The standard InChI is InChI=1S/C28H25FN6O2/c1-19-6-8-20(9-7-19)26-30-27-23-4-2-3-5-24(23)34(28(37)35(27)31-26)18-25(36)33-16-14-32(15-17-33)22-12-10-21(29)11-13-22/h2-13H,14-18H2,1H3. The predicted molar refractivity (Wildman–Crippen MR) is 140 cm³/mol. The molecule has 0 atom stereocenters. The maximum atomic E-state index is 13.5. The Hall–Kier alpha value is -4.53. The number of fused-ring (bicyclic) bond motifs is 3. The van der Waals surface area contributed by atoms with Gasteiger partial charge in [0.1, 0.15) is 12.4 Å². The maximum Gasteiger partial charge on any atom is 0.351 e. The van der Waals surface area contributed by atoms with Crippen molar-refractivity contribution in [3.8, 4) is 11.4 Å². The summed E-state index contributed by atoms with van der Waals surface area (Å²) in [5.41, 5.74) is 3.57. The number of aryl methyl sites for hydroxylation is 1. The fraction of sp³-hybridized carbons (Fsp3) is 0.214. The minimum atomic E-state index is -0.405. The number of carbonyl (C=O) groups excluding carboxylic acids is 1. The SMILES string of the molecule is Cc1ccc(-c2nc3c4ccccc4n(CC(=O)N4CCN(c5ccc(F)cc5)CC4)c(=O)n3n2)cc1. The highest BCUT2D eigenvalue weighted by atomic mass is 19.1. The highest BCUT2D eigenvalue weighted by molar-refractivity contribution is 5.92.